The van der Waals surface area contributed by atoms with Crippen molar-refractivity contribution in [3.05, 3.63) is 58.0 Å². The molecule has 0 atom stereocenters. The molecule has 5 nitrogen and oxygen atoms in total. The number of methoxy groups -OCH3 is 1. The van der Waals surface area contributed by atoms with E-state index in [1.165, 1.54) is 20.2 Å². The molecule has 1 aromatic heterocycles. The summed E-state index contributed by atoms with van der Waals surface area (Å²) in [6.07, 6.45) is 2.76. The molecule has 1 amide bonds. The SMILES string of the molecule is CNC(=O)c1cc(C(=O)OC)c(CCc2ccco2)cc1Cl. The van der Waals surface area contributed by atoms with Crippen LogP contribution in [0.15, 0.2) is 34.9 Å². The summed E-state index contributed by atoms with van der Waals surface area (Å²) in [4.78, 5) is 23.7. The van der Waals surface area contributed by atoms with Crippen LogP contribution in [-0.2, 0) is 17.6 Å². The lowest BCUT2D eigenvalue weighted by molar-refractivity contribution is 0.0599. The highest BCUT2D eigenvalue weighted by molar-refractivity contribution is 6.34. The molecule has 0 saturated heterocycles. The highest BCUT2D eigenvalue weighted by atomic mass is 35.5. The van der Waals surface area contributed by atoms with Gasteiger partial charge in [0.2, 0.25) is 0 Å². The second-order valence-electron chi connectivity index (χ2n) is 4.64. The zero-order chi connectivity index (χ0) is 16.1. The van der Waals surface area contributed by atoms with Crippen LogP contribution in [0.3, 0.4) is 0 Å². The summed E-state index contributed by atoms with van der Waals surface area (Å²) in [5.74, 6) is -0.0497. The molecule has 0 unspecified atom stereocenters. The fraction of sp³-hybridized carbons (Fsp3) is 0.250. The van der Waals surface area contributed by atoms with Crippen molar-refractivity contribution in [2.75, 3.05) is 14.2 Å². The van der Waals surface area contributed by atoms with Crippen molar-refractivity contribution in [3.63, 3.8) is 0 Å². The van der Waals surface area contributed by atoms with Crippen molar-refractivity contribution in [1.29, 1.82) is 0 Å². The molecule has 0 saturated carbocycles. The molecule has 6 heteroatoms. The number of carbonyl (C=O) groups excluding carboxylic acids is 2. The molecule has 116 valence electrons. The number of aryl methyl sites for hydroxylation is 2. The van der Waals surface area contributed by atoms with E-state index in [-0.39, 0.29) is 11.5 Å². The summed E-state index contributed by atoms with van der Waals surface area (Å²) in [5.41, 5.74) is 1.28. The number of furan rings is 1. The average Bonchev–Trinajstić information content (AvgIpc) is 3.04. The number of halogens is 1. The average molecular weight is 322 g/mol. The van der Waals surface area contributed by atoms with Crippen molar-refractivity contribution in [2.45, 2.75) is 12.8 Å². The Kier molecular flexibility index (Phi) is 5.22. The van der Waals surface area contributed by atoms with E-state index in [1.54, 1.807) is 18.4 Å². The zero-order valence-corrected chi connectivity index (χ0v) is 13.1. The highest BCUT2D eigenvalue weighted by Crippen LogP contribution is 2.24. The van der Waals surface area contributed by atoms with Crippen LogP contribution in [0.5, 0.6) is 0 Å². The molecule has 1 N–H and O–H groups in total. The van der Waals surface area contributed by atoms with Gasteiger partial charge in [0.25, 0.3) is 5.91 Å². The molecule has 22 heavy (non-hydrogen) atoms. The summed E-state index contributed by atoms with van der Waals surface area (Å²) in [6, 6.07) is 6.75. The minimum atomic E-state index is -0.503. The third kappa shape index (κ3) is 3.49. The summed E-state index contributed by atoms with van der Waals surface area (Å²) in [7, 11) is 2.80. The van der Waals surface area contributed by atoms with Crippen LogP contribution >= 0.6 is 11.6 Å². The Labute approximate surface area is 133 Å². The van der Waals surface area contributed by atoms with Crippen molar-refractivity contribution >= 4 is 23.5 Å². The maximum absolute atomic E-state index is 11.9. The summed E-state index contributed by atoms with van der Waals surface area (Å²) in [6.45, 7) is 0. The van der Waals surface area contributed by atoms with Crippen molar-refractivity contribution in [3.8, 4) is 0 Å². The molecule has 0 aliphatic heterocycles. The number of benzene rings is 1. The molecule has 2 aromatic rings. The van der Waals surface area contributed by atoms with Gasteiger partial charge >= 0.3 is 5.97 Å². The molecule has 0 bridgehead atoms. The summed E-state index contributed by atoms with van der Waals surface area (Å²) in [5, 5.41) is 2.78. The molecule has 0 fully saturated rings. The minimum absolute atomic E-state index is 0.242. The topological polar surface area (TPSA) is 68.5 Å². The number of nitrogens with one attached hydrogen (secondary N) is 1. The lowest BCUT2D eigenvalue weighted by atomic mass is 9.99. The van der Waals surface area contributed by atoms with E-state index < -0.39 is 5.97 Å². The van der Waals surface area contributed by atoms with Gasteiger partial charge in [-0.15, -0.1) is 0 Å². The van der Waals surface area contributed by atoms with Crippen LogP contribution in [0.2, 0.25) is 5.02 Å². The van der Waals surface area contributed by atoms with Crippen LogP contribution in [-0.4, -0.2) is 26.0 Å². The first-order chi connectivity index (χ1) is 10.6. The second kappa shape index (κ2) is 7.13. The lowest BCUT2D eigenvalue weighted by Crippen LogP contribution is -2.19. The lowest BCUT2D eigenvalue weighted by Gasteiger charge is -2.11. The van der Waals surface area contributed by atoms with E-state index in [4.69, 9.17) is 20.8 Å². The van der Waals surface area contributed by atoms with Crippen molar-refractivity contribution in [2.24, 2.45) is 0 Å². The molecule has 1 aromatic carbocycles. The number of hydrogen-bond acceptors (Lipinski definition) is 4. The first kappa shape index (κ1) is 16.1. The molecule has 0 aliphatic carbocycles. The maximum atomic E-state index is 11.9. The number of carbonyl (C=O) groups is 2. The monoisotopic (exact) mass is 321 g/mol. The van der Waals surface area contributed by atoms with Crippen LogP contribution in [0, 0.1) is 0 Å². The standard InChI is InChI=1S/C16H16ClNO4/c1-18-15(19)13-9-12(16(20)21-2)10(8-14(13)17)5-6-11-4-3-7-22-11/h3-4,7-9H,5-6H2,1-2H3,(H,18,19). The highest BCUT2D eigenvalue weighted by Gasteiger charge is 2.18. The predicted octanol–water partition coefficient (Wildman–Crippen LogP) is 2.86. The third-order valence-corrected chi connectivity index (χ3v) is 3.60. The smallest absolute Gasteiger partial charge is 0.338 e. The van der Waals surface area contributed by atoms with Gasteiger partial charge in [-0.2, -0.15) is 0 Å². The van der Waals surface area contributed by atoms with Crippen molar-refractivity contribution in [1.82, 2.24) is 5.32 Å². The normalized spacial score (nSPS) is 10.3. The quantitative estimate of drug-likeness (QED) is 0.860. The molecule has 1 heterocycles. The minimum Gasteiger partial charge on any atom is -0.469 e. The number of amides is 1. The predicted molar refractivity (Wildman–Crippen MR) is 82.3 cm³/mol. The van der Waals surface area contributed by atoms with Crippen LogP contribution < -0.4 is 5.32 Å². The Balaban J connectivity index is 2.36. The zero-order valence-electron chi connectivity index (χ0n) is 12.3. The van der Waals surface area contributed by atoms with E-state index in [1.807, 2.05) is 6.07 Å². The maximum Gasteiger partial charge on any atom is 0.338 e. The number of hydrogen-bond donors (Lipinski definition) is 1. The van der Waals surface area contributed by atoms with E-state index >= 15 is 0 Å². The van der Waals surface area contributed by atoms with Crippen molar-refractivity contribution < 1.29 is 18.7 Å². The number of ether oxygens (including phenoxy) is 1. The van der Waals surface area contributed by atoms with E-state index in [9.17, 15) is 9.59 Å². The van der Waals surface area contributed by atoms with Gasteiger partial charge in [-0.25, -0.2) is 4.79 Å². The fourth-order valence-electron chi connectivity index (χ4n) is 2.14. The summed E-state index contributed by atoms with van der Waals surface area (Å²) < 4.78 is 10.1. The molecular weight excluding hydrogens is 306 g/mol. The number of rotatable bonds is 5. The largest absolute Gasteiger partial charge is 0.469 e. The molecule has 0 aliphatic rings. The second-order valence-corrected chi connectivity index (χ2v) is 5.05. The molecule has 2 rings (SSSR count). The van der Waals surface area contributed by atoms with E-state index in [0.29, 0.717) is 29.0 Å². The van der Waals surface area contributed by atoms with Gasteiger partial charge < -0.3 is 14.5 Å². The van der Waals surface area contributed by atoms with E-state index in [2.05, 4.69) is 5.32 Å². The Morgan fingerprint density at radius 3 is 2.64 bits per heavy atom. The summed E-state index contributed by atoms with van der Waals surface area (Å²) >= 11 is 6.15. The van der Waals surface area contributed by atoms with Gasteiger partial charge in [0.1, 0.15) is 5.76 Å². The molecule has 0 spiro atoms. The Morgan fingerprint density at radius 1 is 1.27 bits per heavy atom. The van der Waals surface area contributed by atoms with Gasteiger partial charge in [0.15, 0.2) is 0 Å². The van der Waals surface area contributed by atoms with Crippen LogP contribution in [0.4, 0.5) is 0 Å². The van der Waals surface area contributed by atoms with Gasteiger partial charge in [-0.05, 0) is 36.2 Å². The first-order valence-electron chi connectivity index (χ1n) is 6.72. The third-order valence-electron chi connectivity index (χ3n) is 3.29. The Hall–Kier alpha value is -2.27. The van der Waals surface area contributed by atoms with Crippen LogP contribution in [0.1, 0.15) is 32.0 Å². The fourth-order valence-corrected chi connectivity index (χ4v) is 2.41. The Morgan fingerprint density at radius 2 is 2.05 bits per heavy atom. The number of esters is 1. The van der Waals surface area contributed by atoms with Crippen LogP contribution in [0.25, 0.3) is 0 Å². The Bertz CT molecular complexity index is 680. The van der Waals surface area contributed by atoms with E-state index in [0.717, 1.165) is 5.76 Å². The van der Waals surface area contributed by atoms with Gasteiger partial charge in [-0.1, -0.05) is 11.6 Å². The van der Waals surface area contributed by atoms with Gasteiger partial charge in [0.05, 0.1) is 29.5 Å². The molecule has 0 radical (unpaired) electrons. The molecular formula is C16H16ClNO4. The first-order valence-corrected chi connectivity index (χ1v) is 7.09. The van der Waals surface area contributed by atoms with Gasteiger partial charge in [0, 0.05) is 13.5 Å². The van der Waals surface area contributed by atoms with Gasteiger partial charge in [-0.3, -0.25) is 4.79 Å².